The second-order valence-corrected chi connectivity index (χ2v) is 4.21. The Morgan fingerprint density at radius 3 is 2.43 bits per heavy atom. The van der Waals surface area contributed by atoms with E-state index in [1.54, 1.807) is 0 Å². The summed E-state index contributed by atoms with van der Waals surface area (Å²) < 4.78 is 39.7. The Labute approximate surface area is 116 Å². The highest BCUT2D eigenvalue weighted by molar-refractivity contribution is 5.53. The minimum absolute atomic E-state index is 0.106. The van der Waals surface area contributed by atoms with E-state index >= 15 is 0 Å². The summed E-state index contributed by atoms with van der Waals surface area (Å²) in [5.41, 5.74) is -0.883. The summed E-state index contributed by atoms with van der Waals surface area (Å²) in [7, 11) is 0. The van der Waals surface area contributed by atoms with Gasteiger partial charge in [0.15, 0.2) is 0 Å². The smallest absolute Gasteiger partial charge is 0.307 e. The number of nitro groups is 1. The third kappa shape index (κ3) is 3.41. The van der Waals surface area contributed by atoms with Crippen LogP contribution in [0.3, 0.4) is 0 Å². The van der Waals surface area contributed by atoms with Crippen molar-refractivity contribution in [3.05, 3.63) is 63.5 Å². The van der Waals surface area contributed by atoms with Gasteiger partial charge in [-0.2, -0.15) is 4.39 Å². The van der Waals surface area contributed by atoms with E-state index in [2.05, 4.69) is 5.32 Å². The molecule has 8 heteroatoms. The van der Waals surface area contributed by atoms with Crippen molar-refractivity contribution < 1.29 is 23.2 Å². The minimum atomic E-state index is -1.29. The maximum absolute atomic E-state index is 13.5. The fourth-order valence-corrected chi connectivity index (χ4v) is 1.75. The summed E-state index contributed by atoms with van der Waals surface area (Å²) in [6.07, 6.45) is 0. The molecule has 0 aromatic heterocycles. The summed E-state index contributed by atoms with van der Waals surface area (Å²) in [6.45, 7) is -0.106. The number of aromatic hydroxyl groups is 1. The van der Waals surface area contributed by atoms with Gasteiger partial charge in [-0.05, 0) is 17.7 Å². The fourth-order valence-electron chi connectivity index (χ4n) is 1.75. The number of nitrogens with one attached hydrogen (secondary N) is 1. The molecule has 0 fully saturated rings. The fraction of sp³-hybridized carbons (Fsp3) is 0.0769. The molecule has 2 aromatic rings. The van der Waals surface area contributed by atoms with Crippen LogP contribution in [0, 0.1) is 27.6 Å². The monoisotopic (exact) mass is 298 g/mol. The van der Waals surface area contributed by atoms with E-state index in [1.165, 1.54) is 6.07 Å². The second kappa shape index (κ2) is 5.70. The van der Waals surface area contributed by atoms with Crippen LogP contribution in [0.25, 0.3) is 0 Å². The Kier molecular flexibility index (Phi) is 3.97. The lowest BCUT2D eigenvalue weighted by atomic mass is 10.2. The number of halogens is 3. The number of hydrogen-bond acceptors (Lipinski definition) is 4. The van der Waals surface area contributed by atoms with Crippen molar-refractivity contribution in [1.82, 2.24) is 0 Å². The molecular formula is C13H9F3N2O3. The third-order valence-electron chi connectivity index (χ3n) is 2.66. The van der Waals surface area contributed by atoms with Crippen LogP contribution in [-0.2, 0) is 6.54 Å². The average Bonchev–Trinajstić information content (AvgIpc) is 2.36. The zero-order chi connectivity index (χ0) is 15.6. The molecule has 2 rings (SSSR count). The van der Waals surface area contributed by atoms with E-state index < -0.39 is 28.1 Å². The van der Waals surface area contributed by atoms with Crippen LogP contribution in [0.4, 0.5) is 24.5 Å². The largest absolute Gasteiger partial charge is 0.508 e. The Morgan fingerprint density at radius 1 is 1.10 bits per heavy atom. The Morgan fingerprint density at radius 2 is 1.81 bits per heavy atom. The molecule has 0 unspecified atom stereocenters. The molecule has 0 atom stereocenters. The highest BCUT2D eigenvalue weighted by Crippen LogP contribution is 2.26. The number of hydrogen-bond donors (Lipinski definition) is 2. The van der Waals surface area contributed by atoms with Gasteiger partial charge in [-0.25, -0.2) is 8.78 Å². The quantitative estimate of drug-likeness (QED) is 0.670. The van der Waals surface area contributed by atoms with E-state index in [-0.39, 0.29) is 18.0 Å². The van der Waals surface area contributed by atoms with E-state index in [1.807, 2.05) is 0 Å². The molecule has 2 aromatic carbocycles. The second-order valence-electron chi connectivity index (χ2n) is 4.21. The molecule has 21 heavy (non-hydrogen) atoms. The van der Waals surface area contributed by atoms with E-state index in [0.717, 1.165) is 12.1 Å². The van der Waals surface area contributed by atoms with Crippen molar-refractivity contribution in [2.75, 3.05) is 5.32 Å². The lowest BCUT2D eigenvalue weighted by Gasteiger charge is -2.08. The molecule has 0 saturated heterocycles. The minimum Gasteiger partial charge on any atom is -0.508 e. The van der Waals surface area contributed by atoms with Crippen molar-refractivity contribution in [2.24, 2.45) is 0 Å². The SMILES string of the molecule is O=[N+]([O-])c1cc(NCc2cc(O)cc(F)c2)c(F)cc1F. The lowest BCUT2D eigenvalue weighted by Crippen LogP contribution is -2.04. The highest BCUT2D eigenvalue weighted by Gasteiger charge is 2.18. The highest BCUT2D eigenvalue weighted by atomic mass is 19.1. The predicted molar refractivity (Wildman–Crippen MR) is 68.4 cm³/mol. The number of anilines is 1. The van der Waals surface area contributed by atoms with Gasteiger partial charge < -0.3 is 10.4 Å². The van der Waals surface area contributed by atoms with Crippen LogP contribution in [0.15, 0.2) is 30.3 Å². The van der Waals surface area contributed by atoms with Gasteiger partial charge in [0, 0.05) is 24.7 Å². The van der Waals surface area contributed by atoms with E-state index in [9.17, 15) is 28.4 Å². The Balaban J connectivity index is 2.23. The molecular weight excluding hydrogens is 289 g/mol. The maximum atomic E-state index is 13.5. The maximum Gasteiger partial charge on any atom is 0.307 e. The zero-order valence-corrected chi connectivity index (χ0v) is 10.4. The Bertz CT molecular complexity index is 687. The summed E-state index contributed by atoms with van der Waals surface area (Å²) in [5, 5.41) is 22.3. The van der Waals surface area contributed by atoms with Crippen LogP contribution in [0.2, 0.25) is 0 Å². The first-order valence-corrected chi connectivity index (χ1v) is 5.72. The topological polar surface area (TPSA) is 75.4 Å². The molecule has 0 bridgehead atoms. The number of nitro benzene ring substituents is 1. The van der Waals surface area contributed by atoms with Crippen molar-refractivity contribution in [3.8, 4) is 5.75 Å². The number of nitrogens with zero attached hydrogens (tertiary/aromatic N) is 1. The number of benzene rings is 2. The number of phenols is 1. The van der Waals surface area contributed by atoms with Crippen molar-refractivity contribution in [2.45, 2.75) is 6.54 Å². The van der Waals surface area contributed by atoms with Gasteiger partial charge in [0.1, 0.15) is 17.4 Å². The van der Waals surface area contributed by atoms with Crippen LogP contribution < -0.4 is 5.32 Å². The molecule has 0 amide bonds. The van der Waals surface area contributed by atoms with Gasteiger partial charge in [0.25, 0.3) is 0 Å². The first-order valence-electron chi connectivity index (χ1n) is 5.72. The molecule has 0 aliphatic rings. The molecule has 0 aliphatic heterocycles. The molecule has 0 radical (unpaired) electrons. The van der Waals surface area contributed by atoms with Gasteiger partial charge in [-0.1, -0.05) is 0 Å². The molecule has 0 saturated carbocycles. The normalized spacial score (nSPS) is 10.4. The first-order chi connectivity index (χ1) is 9.86. The first kappa shape index (κ1) is 14.6. The van der Waals surface area contributed by atoms with Crippen molar-refractivity contribution in [3.63, 3.8) is 0 Å². The van der Waals surface area contributed by atoms with Crippen LogP contribution in [0.1, 0.15) is 5.56 Å². The van der Waals surface area contributed by atoms with Gasteiger partial charge in [0.05, 0.1) is 10.6 Å². The molecule has 0 spiro atoms. The summed E-state index contributed by atoms with van der Waals surface area (Å²) >= 11 is 0. The predicted octanol–water partition coefficient (Wildman–Crippen LogP) is 3.33. The summed E-state index contributed by atoms with van der Waals surface area (Å²) in [5.74, 6) is -3.29. The van der Waals surface area contributed by atoms with Crippen LogP contribution in [0.5, 0.6) is 5.75 Å². The van der Waals surface area contributed by atoms with E-state index in [0.29, 0.717) is 17.7 Å². The van der Waals surface area contributed by atoms with Crippen LogP contribution in [-0.4, -0.2) is 10.0 Å². The Hall–Kier alpha value is -2.77. The molecule has 0 heterocycles. The number of phenolic OH excluding ortho intramolecular Hbond substituents is 1. The van der Waals surface area contributed by atoms with Gasteiger partial charge in [0.2, 0.25) is 5.82 Å². The van der Waals surface area contributed by atoms with Crippen LogP contribution >= 0.6 is 0 Å². The van der Waals surface area contributed by atoms with Gasteiger partial charge in [-0.15, -0.1) is 0 Å². The zero-order valence-electron chi connectivity index (χ0n) is 10.4. The van der Waals surface area contributed by atoms with Gasteiger partial charge in [-0.3, -0.25) is 10.1 Å². The molecule has 5 nitrogen and oxygen atoms in total. The summed E-state index contributed by atoms with van der Waals surface area (Å²) in [6, 6.07) is 4.34. The molecule has 110 valence electrons. The molecule has 0 aliphatic carbocycles. The van der Waals surface area contributed by atoms with Gasteiger partial charge >= 0.3 is 5.69 Å². The average molecular weight is 298 g/mol. The third-order valence-corrected chi connectivity index (χ3v) is 2.66. The van der Waals surface area contributed by atoms with Crippen molar-refractivity contribution >= 4 is 11.4 Å². The van der Waals surface area contributed by atoms with E-state index in [4.69, 9.17) is 0 Å². The summed E-state index contributed by atoms with van der Waals surface area (Å²) in [4.78, 5) is 9.60. The standard InChI is InChI=1S/C13H9F3N2O3/c14-8-1-7(2-9(19)3-8)6-17-12-5-13(18(20)21)11(16)4-10(12)15/h1-5,17,19H,6H2. The lowest BCUT2D eigenvalue weighted by molar-refractivity contribution is -0.387. The van der Waals surface area contributed by atoms with Crippen molar-refractivity contribution in [1.29, 1.82) is 0 Å². The number of rotatable bonds is 4. The molecule has 2 N–H and O–H groups in total.